The van der Waals surface area contributed by atoms with E-state index in [1.807, 2.05) is 11.8 Å². The molecular weight excluding hydrogens is 278 g/mol. The van der Waals surface area contributed by atoms with Crippen molar-refractivity contribution in [2.45, 2.75) is 72.1 Å². The highest BCUT2D eigenvalue weighted by Gasteiger charge is 2.10. The summed E-state index contributed by atoms with van der Waals surface area (Å²) in [6.07, 6.45) is 3.40. The van der Waals surface area contributed by atoms with E-state index in [-0.39, 0.29) is 5.54 Å². The van der Waals surface area contributed by atoms with Crippen molar-refractivity contribution in [3.8, 4) is 0 Å². The first-order valence-electron chi connectivity index (χ1n) is 7.99. The Balaban J connectivity index is 2.55. The van der Waals surface area contributed by atoms with Gasteiger partial charge in [-0.25, -0.2) is 9.97 Å². The van der Waals surface area contributed by atoms with Crippen molar-refractivity contribution in [3.63, 3.8) is 0 Å². The summed E-state index contributed by atoms with van der Waals surface area (Å²) in [5.41, 5.74) is 3.84. The molecule has 1 rings (SSSR count). The summed E-state index contributed by atoms with van der Waals surface area (Å²) >= 11 is 1.92. The van der Waals surface area contributed by atoms with Gasteiger partial charge in [-0.2, -0.15) is 11.8 Å². The standard InChI is InChI=1S/C17H31N3S/c1-7-11-21-12-16-19-13(2)15(14(3)20-16)9-8-10-18-17(4,5)6/h18H,7-12H2,1-6H3. The van der Waals surface area contributed by atoms with Crippen LogP contribution in [0, 0.1) is 13.8 Å². The smallest absolute Gasteiger partial charge is 0.138 e. The van der Waals surface area contributed by atoms with Gasteiger partial charge in [-0.15, -0.1) is 0 Å². The average Bonchev–Trinajstić information content (AvgIpc) is 2.36. The number of aryl methyl sites for hydroxylation is 2. The molecular formula is C17H31N3S. The van der Waals surface area contributed by atoms with Crippen LogP contribution < -0.4 is 5.32 Å². The summed E-state index contributed by atoms with van der Waals surface area (Å²) in [6.45, 7) is 14.1. The molecule has 21 heavy (non-hydrogen) atoms. The predicted molar refractivity (Wildman–Crippen MR) is 94.0 cm³/mol. The molecule has 1 aromatic heterocycles. The minimum atomic E-state index is 0.195. The first kappa shape index (κ1) is 18.4. The fraction of sp³-hybridized carbons (Fsp3) is 0.765. The first-order chi connectivity index (χ1) is 9.83. The van der Waals surface area contributed by atoms with Gasteiger partial charge in [0.15, 0.2) is 0 Å². The third-order valence-corrected chi connectivity index (χ3v) is 4.46. The number of aromatic nitrogens is 2. The van der Waals surface area contributed by atoms with Gasteiger partial charge in [-0.3, -0.25) is 0 Å². The Bertz CT molecular complexity index is 415. The Hall–Kier alpha value is -0.610. The lowest BCUT2D eigenvalue weighted by atomic mass is 10.1. The SMILES string of the molecule is CCCSCc1nc(C)c(CCCNC(C)(C)C)c(C)n1. The van der Waals surface area contributed by atoms with E-state index in [0.717, 1.165) is 42.4 Å². The second-order valence-electron chi connectivity index (χ2n) is 6.62. The van der Waals surface area contributed by atoms with E-state index < -0.39 is 0 Å². The molecule has 0 fully saturated rings. The topological polar surface area (TPSA) is 37.8 Å². The van der Waals surface area contributed by atoms with Gasteiger partial charge < -0.3 is 5.32 Å². The van der Waals surface area contributed by atoms with Crippen molar-refractivity contribution in [1.29, 1.82) is 0 Å². The minimum Gasteiger partial charge on any atom is -0.312 e. The van der Waals surface area contributed by atoms with E-state index in [9.17, 15) is 0 Å². The maximum atomic E-state index is 4.68. The fourth-order valence-corrected chi connectivity index (χ4v) is 3.02. The second-order valence-corrected chi connectivity index (χ2v) is 7.73. The van der Waals surface area contributed by atoms with Crippen LogP contribution >= 0.6 is 11.8 Å². The van der Waals surface area contributed by atoms with Crippen LogP contribution in [-0.2, 0) is 12.2 Å². The van der Waals surface area contributed by atoms with Gasteiger partial charge in [-0.05, 0) is 71.7 Å². The zero-order valence-corrected chi connectivity index (χ0v) is 15.4. The zero-order chi connectivity index (χ0) is 15.9. The van der Waals surface area contributed by atoms with E-state index in [4.69, 9.17) is 0 Å². The maximum absolute atomic E-state index is 4.68. The number of rotatable bonds is 8. The molecule has 0 unspecified atom stereocenters. The fourth-order valence-electron chi connectivity index (χ4n) is 2.27. The average molecular weight is 310 g/mol. The Morgan fingerprint density at radius 3 is 2.24 bits per heavy atom. The van der Waals surface area contributed by atoms with Crippen molar-refractivity contribution in [1.82, 2.24) is 15.3 Å². The van der Waals surface area contributed by atoms with Crippen molar-refractivity contribution in [2.75, 3.05) is 12.3 Å². The van der Waals surface area contributed by atoms with Crippen LogP contribution in [0.4, 0.5) is 0 Å². The first-order valence-corrected chi connectivity index (χ1v) is 9.14. The van der Waals surface area contributed by atoms with Gasteiger partial charge in [0, 0.05) is 16.9 Å². The third-order valence-electron chi connectivity index (χ3n) is 3.31. The van der Waals surface area contributed by atoms with Crippen molar-refractivity contribution in [2.24, 2.45) is 0 Å². The van der Waals surface area contributed by atoms with Crippen molar-refractivity contribution < 1.29 is 0 Å². The number of thioether (sulfide) groups is 1. The number of hydrogen-bond donors (Lipinski definition) is 1. The normalized spacial score (nSPS) is 11.9. The number of nitrogens with zero attached hydrogens (tertiary/aromatic N) is 2. The third kappa shape index (κ3) is 7.28. The van der Waals surface area contributed by atoms with Crippen LogP contribution in [0.25, 0.3) is 0 Å². The molecule has 0 spiro atoms. The van der Waals surface area contributed by atoms with E-state index in [2.05, 4.69) is 56.8 Å². The monoisotopic (exact) mass is 309 g/mol. The van der Waals surface area contributed by atoms with Gasteiger partial charge in [0.1, 0.15) is 5.82 Å². The molecule has 0 radical (unpaired) electrons. The number of nitrogens with one attached hydrogen (secondary N) is 1. The lowest BCUT2D eigenvalue weighted by molar-refractivity contribution is 0.422. The molecule has 0 saturated heterocycles. The van der Waals surface area contributed by atoms with E-state index in [1.54, 1.807) is 0 Å². The predicted octanol–water partition coefficient (Wildman–Crippen LogP) is 4.06. The van der Waals surface area contributed by atoms with Crippen LogP contribution in [-0.4, -0.2) is 27.8 Å². The summed E-state index contributed by atoms with van der Waals surface area (Å²) in [4.78, 5) is 9.36. The molecule has 1 heterocycles. The van der Waals surface area contributed by atoms with Crippen LogP contribution in [0.2, 0.25) is 0 Å². The molecule has 0 bridgehead atoms. The lowest BCUT2D eigenvalue weighted by Gasteiger charge is -2.20. The molecule has 0 aliphatic heterocycles. The van der Waals surface area contributed by atoms with Crippen LogP contribution in [0.5, 0.6) is 0 Å². The van der Waals surface area contributed by atoms with E-state index >= 15 is 0 Å². The molecule has 1 N–H and O–H groups in total. The van der Waals surface area contributed by atoms with Crippen molar-refractivity contribution in [3.05, 3.63) is 22.8 Å². The van der Waals surface area contributed by atoms with E-state index in [1.165, 1.54) is 17.7 Å². The van der Waals surface area contributed by atoms with Gasteiger partial charge in [-0.1, -0.05) is 6.92 Å². The van der Waals surface area contributed by atoms with Gasteiger partial charge in [0.2, 0.25) is 0 Å². The Morgan fingerprint density at radius 1 is 1.10 bits per heavy atom. The quantitative estimate of drug-likeness (QED) is 0.735. The molecule has 0 amide bonds. The van der Waals surface area contributed by atoms with Crippen LogP contribution in [0.3, 0.4) is 0 Å². The zero-order valence-electron chi connectivity index (χ0n) is 14.5. The molecule has 120 valence electrons. The maximum Gasteiger partial charge on any atom is 0.138 e. The highest BCUT2D eigenvalue weighted by Crippen LogP contribution is 2.16. The van der Waals surface area contributed by atoms with Gasteiger partial charge in [0.25, 0.3) is 0 Å². The minimum absolute atomic E-state index is 0.195. The highest BCUT2D eigenvalue weighted by atomic mass is 32.2. The summed E-state index contributed by atoms with van der Waals surface area (Å²) in [5, 5.41) is 3.53. The second kappa shape index (κ2) is 8.74. The molecule has 0 atom stereocenters. The highest BCUT2D eigenvalue weighted by molar-refractivity contribution is 7.98. The Labute approximate surface area is 134 Å². The van der Waals surface area contributed by atoms with Crippen molar-refractivity contribution >= 4 is 11.8 Å². The molecule has 0 aliphatic carbocycles. The largest absolute Gasteiger partial charge is 0.312 e. The summed E-state index contributed by atoms with van der Waals surface area (Å²) in [6, 6.07) is 0. The molecule has 4 heteroatoms. The molecule has 0 aliphatic rings. The molecule has 0 aromatic carbocycles. The summed E-state index contributed by atoms with van der Waals surface area (Å²) in [7, 11) is 0. The van der Waals surface area contributed by atoms with Crippen LogP contribution in [0.15, 0.2) is 0 Å². The summed E-state index contributed by atoms with van der Waals surface area (Å²) in [5.74, 6) is 3.10. The summed E-state index contributed by atoms with van der Waals surface area (Å²) < 4.78 is 0. The Morgan fingerprint density at radius 2 is 1.71 bits per heavy atom. The molecule has 3 nitrogen and oxygen atoms in total. The number of hydrogen-bond acceptors (Lipinski definition) is 4. The molecule has 1 aromatic rings. The Kier molecular flexibility index (Phi) is 7.67. The van der Waals surface area contributed by atoms with E-state index in [0.29, 0.717) is 0 Å². The van der Waals surface area contributed by atoms with Crippen LogP contribution in [0.1, 0.15) is 63.3 Å². The van der Waals surface area contributed by atoms with Gasteiger partial charge >= 0.3 is 0 Å². The lowest BCUT2D eigenvalue weighted by Crippen LogP contribution is -2.36. The molecule has 0 saturated carbocycles. The van der Waals surface area contributed by atoms with Gasteiger partial charge in [0.05, 0.1) is 5.75 Å².